The number of anilines is 2. The molecule has 18 heavy (non-hydrogen) atoms. The highest BCUT2D eigenvalue weighted by atomic mass is 32.1. The standard InChI is InChI=1S/C10H14N6OS/c1-4-11-10-14-13-9(18-10)8(17)12-7-5-6(2)15-16(7)3/h5H,4H2,1-3H3,(H,11,14)(H,12,17). The molecule has 0 spiro atoms. The molecule has 2 N–H and O–H groups in total. The minimum Gasteiger partial charge on any atom is -0.360 e. The number of carbonyl (C=O) groups excluding carboxylic acids is 1. The van der Waals surface area contributed by atoms with E-state index in [2.05, 4.69) is 25.9 Å². The van der Waals surface area contributed by atoms with E-state index in [4.69, 9.17) is 0 Å². The van der Waals surface area contributed by atoms with Crippen molar-refractivity contribution in [3.05, 3.63) is 16.8 Å². The van der Waals surface area contributed by atoms with E-state index in [1.54, 1.807) is 17.8 Å². The maximum Gasteiger partial charge on any atom is 0.287 e. The highest BCUT2D eigenvalue weighted by Crippen LogP contribution is 2.16. The number of hydrogen-bond donors (Lipinski definition) is 2. The molecule has 0 bridgehead atoms. The van der Waals surface area contributed by atoms with Gasteiger partial charge in [-0.05, 0) is 13.8 Å². The van der Waals surface area contributed by atoms with Crippen molar-refractivity contribution in [2.24, 2.45) is 7.05 Å². The molecule has 0 aliphatic carbocycles. The summed E-state index contributed by atoms with van der Waals surface area (Å²) in [6.45, 7) is 4.57. The van der Waals surface area contributed by atoms with Crippen LogP contribution in [0.15, 0.2) is 6.07 Å². The van der Waals surface area contributed by atoms with Crippen LogP contribution in [0.5, 0.6) is 0 Å². The van der Waals surface area contributed by atoms with Gasteiger partial charge in [0.25, 0.3) is 5.91 Å². The maximum atomic E-state index is 11.9. The van der Waals surface area contributed by atoms with Crippen LogP contribution in [0.1, 0.15) is 22.4 Å². The topological polar surface area (TPSA) is 84.7 Å². The Hall–Kier alpha value is -1.96. The molecule has 0 unspecified atom stereocenters. The van der Waals surface area contributed by atoms with Gasteiger partial charge in [-0.2, -0.15) is 5.10 Å². The summed E-state index contributed by atoms with van der Waals surface area (Å²) in [5.41, 5.74) is 0.846. The lowest BCUT2D eigenvalue weighted by atomic mass is 10.4. The minimum absolute atomic E-state index is 0.278. The predicted octanol–water partition coefficient (Wildman–Crippen LogP) is 1.26. The Morgan fingerprint density at radius 2 is 2.28 bits per heavy atom. The molecule has 0 fully saturated rings. The molecule has 1 amide bonds. The number of hydrogen-bond acceptors (Lipinski definition) is 6. The van der Waals surface area contributed by atoms with Crippen LogP contribution in [0.25, 0.3) is 0 Å². The van der Waals surface area contributed by atoms with Crippen LogP contribution in [0.4, 0.5) is 10.9 Å². The van der Waals surface area contributed by atoms with Crippen LogP contribution < -0.4 is 10.6 Å². The highest BCUT2D eigenvalue weighted by Gasteiger charge is 2.14. The molecule has 2 rings (SSSR count). The van der Waals surface area contributed by atoms with Gasteiger partial charge in [-0.1, -0.05) is 11.3 Å². The van der Waals surface area contributed by atoms with E-state index < -0.39 is 0 Å². The summed E-state index contributed by atoms with van der Waals surface area (Å²) in [6, 6.07) is 1.80. The smallest absolute Gasteiger partial charge is 0.287 e. The van der Waals surface area contributed by atoms with Gasteiger partial charge in [0.2, 0.25) is 10.1 Å². The quantitative estimate of drug-likeness (QED) is 0.870. The molecule has 96 valence electrons. The van der Waals surface area contributed by atoms with Crippen LogP contribution in [0.2, 0.25) is 0 Å². The van der Waals surface area contributed by atoms with Crippen molar-refractivity contribution in [1.29, 1.82) is 0 Å². The number of carbonyl (C=O) groups is 1. The van der Waals surface area contributed by atoms with Gasteiger partial charge in [-0.15, -0.1) is 10.2 Å². The lowest BCUT2D eigenvalue weighted by Gasteiger charge is -2.01. The summed E-state index contributed by atoms with van der Waals surface area (Å²) in [6.07, 6.45) is 0. The number of rotatable bonds is 4. The van der Waals surface area contributed by atoms with E-state index in [1.165, 1.54) is 11.3 Å². The summed E-state index contributed by atoms with van der Waals surface area (Å²) in [4.78, 5) is 11.9. The second kappa shape index (κ2) is 5.13. The molecular formula is C10H14N6OS. The predicted molar refractivity (Wildman–Crippen MR) is 70.0 cm³/mol. The third-order valence-electron chi connectivity index (χ3n) is 2.19. The van der Waals surface area contributed by atoms with Gasteiger partial charge >= 0.3 is 0 Å². The molecule has 0 saturated heterocycles. The summed E-state index contributed by atoms with van der Waals surface area (Å²) in [5, 5.41) is 18.6. The van der Waals surface area contributed by atoms with Gasteiger partial charge in [0.15, 0.2) is 0 Å². The third kappa shape index (κ3) is 2.65. The van der Waals surface area contributed by atoms with Crippen molar-refractivity contribution in [3.8, 4) is 0 Å². The number of aromatic nitrogens is 4. The van der Waals surface area contributed by atoms with Crippen molar-refractivity contribution >= 4 is 28.2 Å². The van der Waals surface area contributed by atoms with Crippen molar-refractivity contribution in [2.45, 2.75) is 13.8 Å². The molecular weight excluding hydrogens is 252 g/mol. The normalized spacial score (nSPS) is 10.4. The molecule has 0 atom stereocenters. The first kappa shape index (κ1) is 12.5. The van der Waals surface area contributed by atoms with E-state index in [1.807, 2.05) is 13.8 Å². The van der Waals surface area contributed by atoms with E-state index in [0.29, 0.717) is 16.0 Å². The fraction of sp³-hybridized carbons (Fsp3) is 0.400. The van der Waals surface area contributed by atoms with Gasteiger partial charge in [-0.3, -0.25) is 9.48 Å². The molecule has 0 aliphatic heterocycles. The first-order chi connectivity index (χ1) is 8.60. The monoisotopic (exact) mass is 266 g/mol. The minimum atomic E-state index is -0.278. The number of aryl methyl sites for hydroxylation is 2. The Kier molecular flexibility index (Phi) is 3.56. The van der Waals surface area contributed by atoms with Crippen LogP contribution in [-0.4, -0.2) is 32.4 Å². The summed E-state index contributed by atoms with van der Waals surface area (Å²) in [7, 11) is 1.77. The van der Waals surface area contributed by atoms with E-state index in [9.17, 15) is 4.79 Å². The van der Waals surface area contributed by atoms with Crippen LogP contribution in [0.3, 0.4) is 0 Å². The maximum absolute atomic E-state index is 11.9. The van der Waals surface area contributed by atoms with Gasteiger partial charge in [0.1, 0.15) is 5.82 Å². The Balaban J connectivity index is 2.09. The molecule has 0 saturated carbocycles. The summed E-state index contributed by atoms with van der Waals surface area (Å²) < 4.78 is 1.61. The van der Waals surface area contributed by atoms with Crippen molar-refractivity contribution in [1.82, 2.24) is 20.0 Å². The van der Waals surface area contributed by atoms with Gasteiger partial charge in [0.05, 0.1) is 5.69 Å². The Morgan fingerprint density at radius 1 is 1.50 bits per heavy atom. The summed E-state index contributed by atoms with van der Waals surface area (Å²) >= 11 is 1.22. The van der Waals surface area contributed by atoms with Crippen molar-refractivity contribution in [2.75, 3.05) is 17.2 Å². The first-order valence-corrected chi connectivity index (χ1v) is 6.31. The van der Waals surface area contributed by atoms with E-state index in [0.717, 1.165) is 12.2 Å². The fourth-order valence-corrected chi connectivity index (χ4v) is 2.14. The van der Waals surface area contributed by atoms with E-state index >= 15 is 0 Å². The zero-order valence-corrected chi connectivity index (χ0v) is 11.2. The molecule has 2 heterocycles. The Bertz CT molecular complexity index is 560. The second-order valence-electron chi connectivity index (χ2n) is 3.69. The SMILES string of the molecule is CCNc1nnc(C(=O)Nc2cc(C)nn2C)s1. The Morgan fingerprint density at radius 3 is 2.89 bits per heavy atom. The van der Waals surface area contributed by atoms with Crippen molar-refractivity contribution in [3.63, 3.8) is 0 Å². The first-order valence-electron chi connectivity index (χ1n) is 5.49. The molecule has 0 aliphatic rings. The number of nitrogens with zero attached hydrogens (tertiary/aromatic N) is 4. The average Bonchev–Trinajstić information content (AvgIpc) is 2.87. The van der Waals surface area contributed by atoms with E-state index in [-0.39, 0.29) is 5.91 Å². The summed E-state index contributed by atoms with van der Waals surface area (Å²) in [5.74, 6) is 0.359. The van der Waals surface area contributed by atoms with Crippen LogP contribution in [0, 0.1) is 6.92 Å². The zero-order valence-electron chi connectivity index (χ0n) is 10.4. The average molecular weight is 266 g/mol. The lowest BCUT2D eigenvalue weighted by molar-refractivity contribution is 0.102. The fourth-order valence-electron chi connectivity index (χ4n) is 1.44. The van der Waals surface area contributed by atoms with Gasteiger partial charge in [0, 0.05) is 19.7 Å². The molecule has 7 nitrogen and oxygen atoms in total. The van der Waals surface area contributed by atoms with Crippen molar-refractivity contribution < 1.29 is 4.79 Å². The third-order valence-corrected chi connectivity index (χ3v) is 3.07. The molecule has 0 aromatic carbocycles. The van der Waals surface area contributed by atoms with Crippen LogP contribution >= 0.6 is 11.3 Å². The Labute approximate surface area is 108 Å². The number of amides is 1. The molecule has 2 aromatic heterocycles. The van der Waals surface area contributed by atoms with Gasteiger partial charge < -0.3 is 10.6 Å². The van der Waals surface area contributed by atoms with Gasteiger partial charge in [-0.25, -0.2) is 0 Å². The highest BCUT2D eigenvalue weighted by molar-refractivity contribution is 7.17. The lowest BCUT2D eigenvalue weighted by Crippen LogP contribution is -2.14. The molecule has 0 radical (unpaired) electrons. The van der Waals surface area contributed by atoms with Crippen LogP contribution in [-0.2, 0) is 7.05 Å². The number of nitrogens with one attached hydrogen (secondary N) is 2. The molecule has 8 heteroatoms. The largest absolute Gasteiger partial charge is 0.360 e. The zero-order chi connectivity index (χ0) is 13.1. The second-order valence-corrected chi connectivity index (χ2v) is 4.67. The molecule has 2 aromatic rings.